The minimum atomic E-state index is -0.117. The minimum Gasteiger partial charge on any atom is -0.497 e. The van der Waals surface area contributed by atoms with Gasteiger partial charge in [0.2, 0.25) is 0 Å². The molecule has 0 bridgehead atoms. The maximum atomic E-state index is 13.1. The van der Waals surface area contributed by atoms with Gasteiger partial charge in [-0.3, -0.25) is 4.79 Å². The molecule has 1 amide bonds. The van der Waals surface area contributed by atoms with Crippen LogP contribution >= 0.6 is 0 Å². The second kappa shape index (κ2) is 7.76. The molecule has 0 N–H and O–H groups in total. The van der Waals surface area contributed by atoms with E-state index in [-0.39, 0.29) is 11.9 Å². The molecule has 1 aromatic heterocycles. The van der Waals surface area contributed by atoms with E-state index in [1.807, 2.05) is 53.4 Å². The zero-order valence-corrected chi connectivity index (χ0v) is 15.9. The first kappa shape index (κ1) is 18.1. The summed E-state index contributed by atoms with van der Waals surface area (Å²) >= 11 is 0. The Bertz CT molecular complexity index is 965. The number of carbonyl (C=O) groups is 1. The summed E-state index contributed by atoms with van der Waals surface area (Å²) in [4.78, 5) is 14.9. The highest BCUT2D eigenvalue weighted by Gasteiger charge is 2.32. The largest absolute Gasteiger partial charge is 0.497 e. The lowest BCUT2D eigenvalue weighted by Crippen LogP contribution is -2.30. The average molecular weight is 378 g/mol. The van der Waals surface area contributed by atoms with Crippen LogP contribution in [0.1, 0.15) is 34.9 Å². The Kier molecular flexibility index (Phi) is 5.02. The molecular formula is C22H22N2O4. The zero-order chi connectivity index (χ0) is 19.5. The van der Waals surface area contributed by atoms with Gasteiger partial charge in [-0.2, -0.15) is 0 Å². The van der Waals surface area contributed by atoms with Gasteiger partial charge in [0.1, 0.15) is 11.5 Å². The summed E-state index contributed by atoms with van der Waals surface area (Å²) in [5, 5.41) is 4.02. The molecule has 1 fully saturated rings. The van der Waals surface area contributed by atoms with Crippen LogP contribution in [-0.2, 0) is 0 Å². The molecule has 6 nitrogen and oxygen atoms in total. The van der Waals surface area contributed by atoms with Gasteiger partial charge in [-0.05, 0) is 54.8 Å². The maximum Gasteiger partial charge on any atom is 0.276 e. The highest BCUT2D eigenvalue weighted by atomic mass is 16.5. The number of nitrogens with zero attached hydrogens (tertiary/aromatic N) is 2. The van der Waals surface area contributed by atoms with Crippen molar-refractivity contribution < 1.29 is 18.8 Å². The van der Waals surface area contributed by atoms with Crippen LogP contribution < -0.4 is 9.47 Å². The number of hydrogen-bond acceptors (Lipinski definition) is 5. The molecule has 0 radical (unpaired) electrons. The van der Waals surface area contributed by atoms with Crippen LogP contribution in [0.3, 0.4) is 0 Å². The van der Waals surface area contributed by atoms with Crippen LogP contribution in [0.2, 0.25) is 0 Å². The zero-order valence-electron chi connectivity index (χ0n) is 15.9. The molecule has 2 aromatic carbocycles. The number of ether oxygens (including phenoxy) is 2. The van der Waals surface area contributed by atoms with E-state index in [9.17, 15) is 4.79 Å². The number of amides is 1. The van der Waals surface area contributed by atoms with E-state index in [1.165, 1.54) is 0 Å². The Balaban J connectivity index is 1.55. The highest BCUT2D eigenvalue weighted by molar-refractivity contribution is 5.93. The normalized spacial score (nSPS) is 16.2. The van der Waals surface area contributed by atoms with E-state index in [1.54, 1.807) is 20.3 Å². The predicted octanol–water partition coefficient (Wildman–Crippen LogP) is 4.34. The molecule has 1 aliphatic heterocycles. The van der Waals surface area contributed by atoms with Crippen LogP contribution in [-0.4, -0.2) is 36.7 Å². The van der Waals surface area contributed by atoms with Gasteiger partial charge in [0.05, 0.1) is 20.3 Å². The Hall–Kier alpha value is -3.28. The summed E-state index contributed by atoms with van der Waals surface area (Å²) in [6.45, 7) is 0.700. The first-order chi connectivity index (χ1) is 13.7. The lowest BCUT2D eigenvalue weighted by atomic mass is 10.0. The Morgan fingerprint density at radius 3 is 2.61 bits per heavy atom. The first-order valence-electron chi connectivity index (χ1n) is 9.25. The van der Waals surface area contributed by atoms with Crippen LogP contribution in [0.4, 0.5) is 0 Å². The van der Waals surface area contributed by atoms with E-state index in [0.717, 1.165) is 35.5 Å². The number of methoxy groups -OCH3 is 2. The summed E-state index contributed by atoms with van der Waals surface area (Å²) < 4.78 is 15.9. The van der Waals surface area contributed by atoms with E-state index < -0.39 is 0 Å². The highest BCUT2D eigenvalue weighted by Crippen LogP contribution is 2.35. The molecule has 1 aliphatic rings. The third-order valence-corrected chi connectivity index (χ3v) is 5.10. The van der Waals surface area contributed by atoms with Crippen molar-refractivity contribution in [3.05, 3.63) is 65.9 Å². The fourth-order valence-electron chi connectivity index (χ4n) is 3.62. The predicted molar refractivity (Wildman–Crippen MR) is 104 cm³/mol. The van der Waals surface area contributed by atoms with E-state index in [0.29, 0.717) is 18.0 Å². The SMILES string of the molecule is COc1ccc(-c2cc(C(=O)N3CCCC3c3cccc(OC)c3)no2)cc1. The molecule has 2 heterocycles. The summed E-state index contributed by atoms with van der Waals surface area (Å²) in [6, 6.07) is 17.0. The van der Waals surface area contributed by atoms with Crippen molar-refractivity contribution in [3.8, 4) is 22.8 Å². The second-order valence-corrected chi connectivity index (χ2v) is 6.74. The molecule has 1 unspecified atom stereocenters. The minimum absolute atomic E-state index is 0.0173. The van der Waals surface area contributed by atoms with Crippen LogP contribution in [0.25, 0.3) is 11.3 Å². The molecule has 0 spiro atoms. The van der Waals surface area contributed by atoms with Crippen molar-refractivity contribution in [2.75, 3.05) is 20.8 Å². The molecule has 0 aliphatic carbocycles. The van der Waals surface area contributed by atoms with Crippen LogP contribution in [0.5, 0.6) is 11.5 Å². The second-order valence-electron chi connectivity index (χ2n) is 6.74. The monoisotopic (exact) mass is 378 g/mol. The van der Waals surface area contributed by atoms with Gasteiger partial charge in [-0.15, -0.1) is 0 Å². The molecule has 6 heteroatoms. The van der Waals surface area contributed by atoms with Crippen molar-refractivity contribution >= 4 is 5.91 Å². The van der Waals surface area contributed by atoms with Gasteiger partial charge < -0.3 is 18.9 Å². The fraction of sp³-hybridized carbons (Fsp3) is 0.273. The molecule has 4 rings (SSSR count). The van der Waals surface area contributed by atoms with Crippen molar-refractivity contribution in [2.24, 2.45) is 0 Å². The topological polar surface area (TPSA) is 64.8 Å². The molecule has 1 atom stereocenters. The summed E-state index contributed by atoms with van der Waals surface area (Å²) in [5.74, 6) is 2.00. The van der Waals surface area contributed by atoms with Crippen molar-refractivity contribution in [3.63, 3.8) is 0 Å². The average Bonchev–Trinajstić information content (AvgIpc) is 3.43. The first-order valence-corrected chi connectivity index (χ1v) is 9.25. The number of likely N-dealkylation sites (tertiary alicyclic amines) is 1. The van der Waals surface area contributed by atoms with Crippen LogP contribution in [0.15, 0.2) is 59.1 Å². The number of hydrogen-bond donors (Lipinski definition) is 0. The maximum absolute atomic E-state index is 13.1. The lowest BCUT2D eigenvalue weighted by Gasteiger charge is -2.24. The number of benzene rings is 2. The van der Waals surface area contributed by atoms with Gasteiger partial charge >= 0.3 is 0 Å². The van der Waals surface area contributed by atoms with Crippen LogP contribution in [0, 0.1) is 0 Å². The summed E-state index contributed by atoms with van der Waals surface area (Å²) in [7, 11) is 3.27. The molecule has 144 valence electrons. The summed E-state index contributed by atoms with van der Waals surface area (Å²) in [5.41, 5.74) is 2.24. The Morgan fingerprint density at radius 2 is 1.86 bits per heavy atom. The molecule has 0 saturated carbocycles. The quantitative estimate of drug-likeness (QED) is 0.661. The van der Waals surface area contributed by atoms with Crippen molar-refractivity contribution in [2.45, 2.75) is 18.9 Å². The lowest BCUT2D eigenvalue weighted by molar-refractivity contribution is 0.0725. The van der Waals surface area contributed by atoms with E-state index in [4.69, 9.17) is 14.0 Å². The molecular weight excluding hydrogens is 356 g/mol. The molecule has 28 heavy (non-hydrogen) atoms. The number of rotatable bonds is 5. The van der Waals surface area contributed by atoms with Crippen molar-refractivity contribution in [1.82, 2.24) is 10.1 Å². The fourth-order valence-corrected chi connectivity index (χ4v) is 3.62. The van der Waals surface area contributed by atoms with Crippen molar-refractivity contribution in [1.29, 1.82) is 0 Å². The number of carbonyl (C=O) groups excluding carboxylic acids is 1. The molecule has 1 saturated heterocycles. The van der Waals surface area contributed by atoms with Gasteiger partial charge in [-0.25, -0.2) is 0 Å². The van der Waals surface area contributed by atoms with Gasteiger partial charge in [0.25, 0.3) is 5.91 Å². The Labute approximate surface area is 163 Å². The smallest absolute Gasteiger partial charge is 0.276 e. The van der Waals surface area contributed by atoms with Gasteiger partial charge in [0.15, 0.2) is 11.5 Å². The Morgan fingerprint density at radius 1 is 1.07 bits per heavy atom. The molecule has 3 aromatic rings. The summed E-state index contributed by atoms with van der Waals surface area (Å²) in [6.07, 6.45) is 1.87. The third kappa shape index (κ3) is 3.45. The van der Waals surface area contributed by atoms with Gasteiger partial charge in [0, 0.05) is 18.2 Å². The van der Waals surface area contributed by atoms with E-state index in [2.05, 4.69) is 5.16 Å². The third-order valence-electron chi connectivity index (χ3n) is 5.10. The van der Waals surface area contributed by atoms with E-state index >= 15 is 0 Å². The number of aromatic nitrogens is 1. The standard InChI is InChI=1S/C22H22N2O4/c1-26-17-10-8-15(9-11-17)21-14-19(23-28-21)22(25)24-12-4-7-20(24)16-5-3-6-18(13-16)27-2/h3,5-6,8-11,13-14,20H,4,7,12H2,1-2H3. The van der Waals surface area contributed by atoms with Gasteiger partial charge in [-0.1, -0.05) is 17.3 Å².